The smallest absolute Gasteiger partial charge is 0.0959 e. The lowest BCUT2D eigenvalue weighted by Crippen LogP contribution is -2.12. The van der Waals surface area contributed by atoms with Crippen molar-refractivity contribution in [2.24, 2.45) is 11.8 Å². The summed E-state index contributed by atoms with van der Waals surface area (Å²) in [6.45, 7) is 4.54. The van der Waals surface area contributed by atoms with Crippen molar-refractivity contribution in [3.05, 3.63) is 24.4 Å². The molecule has 0 aliphatic carbocycles. The first-order chi connectivity index (χ1) is 6.74. The van der Waals surface area contributed by atoms with Crippen LogP contribution >= 0.6 is 27.7 Å². The highest BCUT2D eigenvalue weighted by atomic mass is 79.9. The molecule has 0 radical (unpaired) electrons. The maximum Gasteiger partial charge on any atom is 0.0959 e. The molecule has 0 fully saturated rings. The molecule has 1 aromatic rings. The largest absolute Gasteiger partial charge is 0.250 e. The zero-order valence-electron chi connectivity index (χ0n) is 8.61. The topological polar surface area (TPSA) is 12.9 Å². The summed E-state index contributed by atoms with van der Waals surface area (Å²) in [4.78, 5) is 4.29. The van der Waals surface area contributed by atoms with Crippen molar-refractivity contribution >= 4 is 27.7 Å². The molecule has 1 unspecified atom stereocenters. The van der Waals surface area contributed by atoms with Gasteiger partial charge in [-0.1, -0.05) is 35.8 Å². The van der Waals surface area contributed by atoms with Crippen molar-refractivity contribution in [3.63, 3.8) is 0 Å². The minimum absolute atomic E-state index is 0.724. The molecule has 0 bridgehead atoms. The number of halogens is 1. The van der Waals surface area contributed by atoms with E-state index < -0.39 is 0 Å². The number of rotatable bonds is 5. The molecule has 0 amide bonds. The van der Waals surface area contributed by atoms with Crippen molar-refractivity contribution in [1.29, 1.82) is 0 Å². The summed E-state index contributed by atoms with van der Waals surface area (Å²) in [6.07, 6.45) is 1.85. The van der Waals surface area contributed by atoms with E-state index in [2.05, 4.69) is 40.8 Å². The molecule has 0 saturated heterocycles. The fourth-order valence-electron chi connectivity index (χ4n) is 1.04. The van der Waals surface area contributed by atoms with E-state index in [9.17, 15) is 0 Å². The van der Waals surface area contributed by atoms with Crippen LogP contribution in [0.5, 0.6) is 0 Å². The van der Waals surface area contributed by atoms with Gasteiger partial charge in [-0.25, -0.2) is 4.98 Å². The molecule has 1 atom stereocenters. The first-order valence-corrected chi connectivity index (χ1v) is 6.94. The molecular weight excluding hydrogens is 258 g/mol. The summed E-state index contributed by atoms with van der Waals surface area (Å²) < 4.78 is 0. The van der Waals surface area contributed by atoms with Crippen LogP contribution in [0.1, 0.15) is 13.8 Å². The van der Waals surface area contributed by atoms with Crippen LogP contribution in [0, 0.1) is 11.8 Å². The van der Waals surface area contributed by atoms with Gasteiger partial charge in [-0.2, -0.15) is 0 Å². The van der Waals surface area contributed by atoms with E-state index in [1.165, 1.54) is 0 Å². The van der Waals surface area contributed by atoms with Gasteiger partial charge in [-0.3, -0.25) is 0 Å². The molecule has 0 spiro atoms. The highest BCUT2D eigenvalue weighted by molar-refractivity contribution is 9.09. The molecule has 0 aliphatic rings. The molecule has 1 rings (SSSR count). The van der Waals surface area contributed by atoms with E-state index in [0.717, 1.165) is 27.9 Å². The van der Waals surface area contributed by atoms with E-state index in [4.69, 9.17) is 0 Å². The SMILES string of the molecule is CC(C)C(CBr)CSc1ccccn1. The maximum atomic E-state index is 4.29. The molecule has 1 heterocycles. The molecule has 0 aromatic carbocycles. The van der Waals surface area contributed by atoms with E-state index in [-0.39, 0.29) is 0 Å². The number of hydrogen-bond donors (Lipinski definition) is 0. The van der Waals surface area contributed by atoms with Crippen LogP contribution in [0.25, 0.3) is 0 Å². The van der Waals surface area contributed by atoms with Crippen molar-refractivity contribution < 1.29 is 0 Å². The molecular formula is C11H16BrNS. The Labute approximate surface area is 98.8 Å². The number of thioether (sulfide) groups is 1. The Morgan fingerprint density at radius 2 is 2.21 bits per heavy atom. The molecule has 0 aliphatic heterocycles. The van der Waals surface area contributed by atoms with Gasteiger partial charge in [0.05, 0.1) is 5.03 Å². The van der Waals surface area contributed by atoms with E-state index >= 15 is 0 Å². The van der Waals surface area contributed by atoms with Crippen LogP contribution in [0.3, 0.4) is 0 Å². The van der Waals surface area contributed by atoms with Crippen LogP contribution in [0.15, 0.2) is 29.4 Å². The zero-order chi connectivity index (χ0) is 10.4. The van der Waals surface area contributed by atoms with Crippen LogP contribution in [0.4, 0.5) is 0 Å². The standard InChI is InChI=1S/C11H16BrNS/c1-9(2)10(7-12)8-14-11-5-3-4-6-13-11/h3-6,9-10H,7-8H2,1-2H3. The normalized spacial score (nSPS) is 13.1. The van der Waals surface area contributed by atoms with Gasteiger partial charge in [-0.15, -0.1) is 11.8 Å². The Hall–Kier alpha value is -0.0200. The molecule has 0 N–H and O–H groups in total. The summed E-state index contributed by atoms with van der Waals surface area (Å²) in [5.74, 6) is 2.59. The van der Waals surface area contributed by atoms with Crippen molar-refractivity contribution in [2.75, 3.05) is 11.1 Å². The van der Waals surface area contributed by atoms with Crippen molar-refractivity contribution in [2.45, 2.75) is 18.9 Å². The summed E-state index contributed by atoms with van der Waals surface area (Å²) in [5.41, 5.74) is 0. The van der Waals surface area contributed by atoms with Gasteiger partial charge in [0.2, 0.25) is 0 Å². The third-order valence-electron chi connectivity index (χ3n) is 2.22. The summed E-state index contributed by atoms with van der Waals surface area (Å²) in [7, 11) is 0. The Bertz CT molecular complexity index is 251. The lowest BCUT2D eigenvalue weighted by molar-refractivity contribution is 0.474. The second-order valence-corrected chi connectivity index (χ2v) is 5.33. The van der Waals surface area contributed by atoms with Gasteiger partial charge in [0.25, 0.3) is 0 Å². The summed E-state index contributed by atoms with van der Waals surface area (Å²) in [6, 6.07) is 6.05. The van der Waals surface area contributed by atoms with E-state index in [1.54, 1.807) is 0 Å². The Morgan fingerprint density at radius 3 is 2.71 bits per heavy atom. The van der Waals surface area contributed by atoms with Gasteiger partial charge in [0.1, 0.15) is 0 Å². The monoisotopic (exact) mass is 273 g/mol. The first-order valence-electron chi connectivity index (χ1n) is 4.84. The average molecular weight is 274 g/mol. The summed E-state index contributed by atoms with van der Waals surface area (Å²) >= 11 is 5.40. The third kappa shape index (κ3) is 4.01. The number of pyridine rings is 1. The predicted molar refractivity (Wildman–Crippen MR) is 67.1 cm³/mol. The average Bonchev–Trinajstić information content (AvgIpc) is 2.20. The van der Waals surface area contributed by atoms with E-state index in [0.29, 0.717) is 0 Å². The minimum atomic E-state index is 0.724. The van der Waals surface area contributed by atoms with Crippen molar-refractivity contribution in [1.82, 2.24) is 4.98 Å². The van der Waals surface area contributed by atoms with Crippen LogP contribution < -0.4 is 0 Å². The second kappa shape index (κ2) is 6.46. The van der Waals surface area contributed by atoms with Crippen LogP contribution in [-0.4, -0.2) is 16.1 Å². The lowest BCUT2D eigenvalue weighted by atomic mass is 10.0. The zero-order valence-corrected chi connectivity index (χ0v) is 11.0. The number of nitrogens with zero attached hydrogens (tertiary/aromatic N) is 1. The molecule has 14 heavy (non-hydrogen) atoms. The minimum Gasteiger partial charge on any atom is -0.250 e. The fraction of sp³-hybridized carbons (Fsp3) is 0.545. The molecule has 78 valence electrons. The first kappa shape index (κ1) is 12.1. The van der Waals surface area contributed by atoms with Gasteiger partial charge < -0.3 is 0 Å². The van der Waals surface area contributed by atoms with Gasteiger partial charge in [0.15, 0.2) is 0 Å². The highest BCUT2D eigenvalue weighted by Gasteiger charge is 2.12. The van der Waals surface area contributed by atoms with Crippen molar-refractivity contribution in [3.8, 4) is 0 Å². The van der Waals surface area contributed by atoms with Gasteiger partial charge in [-0.05, 0) is 24.0 Å². The van der Waals surface area contributed by atoms with E-state index in [1.807, 2.05) is 30.1 Å². The van der Waals surface area contributed by atoms with Gasteiger partial charge >= 0.3 is 0 Å². The maximum absolute atomic E-state index is 4.29. The highest BCUT2D eigenvalue weighted by Crippen LogP contribution is 2.23. The lowest BCUT2D eigenvalue weighted by Gasteiger charge is -2.16. The molecule has 1 nitrogen and oxygen atoms in total. The van der Waals surface area contributed by atoms with Gasteiger partial charge in [0, 0.05) is 17.3 Å². The second-order valence-electron chi connectivity index (χ2n) is 3.64. The Kier molecular flexibility index (Phi) is 5.56. The predicted octanol–water partition coefficient (Wildman–Crippen LogP) is 3.84. The Balaban J connectivity index is 2.40. The fourth-order valence-corrected chi connectivity index (χ4v) is 3.52. The number of alkyl halides is 1. The Morgan fingerprint density at radius 1 is 1.43 bits per heavy atom. The molecule has 0 saturated carbocycles. The quantitative estimate of drug-likeness (QED) is 0.597. The summed E-state index contributed by atoms with van der Waals surface area (Å²) in [5, 5.41) is 2.20. The number of aromatic nitrogens is 1. The van der Waals surface area contributed by atoms with Crippen LogP contribution in [-0.2, 0) is 0 Å². The third-order valence-corrected chi connectivity index (χ3v) is 4.19. The molecule has 3 heteroatoms. The number of hydrogen-bond acceptors (Lipinski definition) is 2. The molecule has 1 aromatic heterocycles. The van der Waals surface area contributed by atoms with Crippen LogP contribution in [0.2, 0.25) is 0 Å².